The molecule has 0 aliphatic carbocycles. The third kappa shape index (κ3) is 3.02. The summed E-state index contributed by atoms with van der Waals surface area (Å²) in [6, 6.07) is 6.28. The van der Waals surface area contributed by atoms with Crippen LogP contribution in [0.5, 0.6) is 5.75 Å². The molecule has 0 aromatic heterocycles. The van der Waals surface area contributed by atoms with E-state index in [0.717, 1.165) is 0 Å². The van der Waals surface area contributed by atoms with Gasteiger partial charge in [-0.15, -0.1) is 0 Å². The molecule has 0 fully saturated rings. The third-order valence-corrected chi connectivity index (χ3v) is 3.30. The van der Waals surface area contributed by atoms with Gasteiger partial charge in [-0.3, -0.25) is 0 Å². The van der Waals surface area contributed by atoms with E-state index in [1.54, 1.807) is 12.1 Å². The molecule has 0 N–H and O–H groups in total. The second-order valence-corrected chi connectivity index (χ2v) is 4.70. The molecule has 0 bridgehead atoms. The second kappa shape index (κ2) is 5.21. The largest absolute Gasteiger partial charge is 0.563 e. The van der Waals surface area contributed by atoms with Crippen LogP contribution in [0, 0.1) is 0 Å². The van der Waals surface area contributed by atoms with Gasteiger partial charge in [0.25, 0.3) is 0 Å². The maximum atomic E-state index is 11.3. The van der Waals surface area contributed by atoms with E-state index in [9.17, 15) is 4.57 Å². The molecule has 4 nitrogen and oxygen atoms in total. The van der Waals surface area contributed by atoms with Crippen LogP contribution in [0.15, 0.2) is 24.3 Å². The van der Waals surface area contributed by atoms with E-state index in [2.05, 4.69) is 8.15 Å². The predicted octanol–water partition coefficient (Wildman–Crippen LogP) is 4.17. The lowest BCUT2D eigenvalue weighted by Crippen LogP contribution is -1.93. The Bertz CT molecular complexity index is 351. The van der Waals surface area contributed by atoms with Gasteiger partial charge in [-0.1, -0.05) is 23.7 Å². The monoisotopic (exact) mass is 276 g/mol. The van der Waals surface area contributed by atoms with Gasteiger partial charge in [-0.25, -0.2) is 4.57 Å². The molecule has 0 radical (unpaired) electrons. The van der Waals surface area contributed by atoms with Gasteiger partial charge in [-0.2, -0.15) is 8.15 Å². The van der Waals surface area contributed by atoms with Gasteiger partial charge in [-0.05, 0) is 12.1 Å². The molecule has 8 heteroatoms. The van der Waals surface area contributed by atoms with E-state index in [1.807, 2.05) is 0 Å². The lowest BCUT2D eigenvalue weighted by Gasteiger charge is -2.11. The van der Waals surface area contributed by atoms with Crippen molar-refractivity contribution in [3.8, 4) is 5.75 Å². The van der Waals surface area contributed by atoms with E-state index in [0.29, 0.717) is 0 Å². The minimum atomic E-state index is -3.98. The van der Waals surface area contributed by atoms with E-state index in [-0.39, 0.29) is 10.8 Å². The minimum absolute atomic E-state index is 0.0961. The van der Waals surface area contributed by atoms with Crippen LogP contribution < -0.4 is 4.52 Å². The van der Waals surface area contributed by atoms with Crippen molar-refractivity contribution in [2.45, 2.75) is 0 Å². The fourth-order valence-corrected chi connectivity index (χ4v) is 1.81. The Balaban J connectivity index is 2.88. The van der Waals surface area contributed by atoms with Crippen molar-refractivity contribution in [1.82, 2.24) is 0 Å². The van der Waals surface area contributed by atoms with Crippen molar-refractivity contribution < 1.29 is 17.2 Å². The molecule has 1 aromatic carbocycles. The first kappa shape index (κ1) is 12.1. The fraction of sp³-hybridized carbons (Fsp3) is 0. The maximum absolute atomic E-state index is 11.3. The molecule has 0 atom stereocenters. The van der Waals surface area contributed by atoms with Crippen LogP contribution >= 0.6 is 43.2 Å². The molecule has 0 unspecified atom stereocenters. The summed E-state index contributed by atoms with van der Waals surface area (Å²) < 4.78 is 23.9. The zero-order valence-electron chi connectivity index (χ0n) is 6.52. The minimum Gasteiger partial charge on any atom is -0.401 e. The van der Waals surface area contributed by atoms with Crippen molar-refractivity contribution in [2.75, 3.05) is 0 Å². The summed E-state index contributed by atoms with van der Waals surface area (Å²) in [5.41, 5.74) is 0. The quantitative estimate of drug-likeness (QED) is 0.775. The van der Waals surface area contributed by atoms with Crippen molar-refractivity contribution in [2.24, 2.45) is 0 Å². The molecular formula is C6H4Cl3O4P. The van der Waals surface area contributed by atoms with Crippen LogP contribution in [0.1, 0.15) is 0 Å². The Morgan fingerprint density at radius 3 is 2.21 bits per heavy atom. The van der Waals surface area contributed by atoms with Gasteiger partial charge in [0.15, 0.2) is 0 Å². The first-order chi connectivity index (χ1) is 6.61. The summed E-state index contributed by atoms with van der Waals surface area (Å²) in [6.07, 6.45) is 0. The number of halogens is 3. The van der Waals surface area contributed by atoms with Crippen LogP contribution in [0.2, 0.25) is 5.02 Å². The van der Waals surface area contributed by atoms with Gasteiger partial charge in [0, 0.05) is 0 Å². The molecule has 1 aromatic rings. The molecule has 0 heterocycles. The Morgan fingerprint density at radius 1 is 1.14 bits per heavy atom. The average Bonchev–Trinajstić information content (AvgIpc) is 2.21. The van der Waals surface area contributed by atoms with Crippen molar-refractivity contribution in [3.05, 3.63) is 29.3 Å². The van der Waals surface area contributed by atoms with Gasteiger partial charge in [0.1, 0.15) is 5.75 Å². The Hall–Kier alpha value is 0.0400. The lowest BCUT2D eigenvalue weighted by atomic mass is 10.3. The smallest absolute Gasteiger partial charge is 0.401 e. The summed E-state index contributed by atoms with van der Waals surface area (Å²) >= 11 is 15.4. The van der Waals surface area contributed by atoms with Crippen LogP contribution in [-0.2, 0) is 12.7 Å². The van der Waals surface area contributed by atoms with Crippen molar-refractivity contribution >= 4 is 43.2 Å². The zero-order chi connectivity index (χ0) is 10.6. The second-order valence-electron chi connectivity index (χ2n) is 2.11. The normalized spacial score (nSPS) is 11.4. The number of rotatable bonds is 4. The molecule has 0 aliphatic rings. The highest BCUT2D eigenvalue weighted by Gasteiger charge is 2.29. The first-order valence-corrected chi connectivity index (χ1v) is 5.72. The first-order valence-electron chi connectivity index (χ1n) is 3.26. The molecule has 14 heavy (non-hydrogen) atoms. The summed E-state index contributed by atoms with van der Waals surface area (Å²) in [5.74, 6) is 0.0961. The predicted molar refractivity (Wildman–Crippen MR) is 53.6 cm³/mol. The summed E-state index contributed by atoms with van der Waals surface area (Å²) in [5, 5.41) is 0.232. The Labute approximate surface area is 95.6 Å². The summed E-state index contributed by atoms with van der Waals surface area (Å²) in [7, 11) is -3.98. The number of hydrogen-bond donors (Lipinski definition) is 0. The highest BCUT2D eigenvalue weighted by molar-refractivity contribution is 7.50. The van der Waals surface area contributed by atoms with Crippen LogP contribution in [0.25, 0.3) is 0 Å². The van der Waals surface area contributed by atoms with Crippen LogP contribution in [-0.4, -0.2) is 0 Å². The van der Waals surface area contributed by atoms with E-state index < -0.39 is 7.82 Å². The number of phosphoric acid groups is 1. The van der Waals surface area contributed by atoms with Crippen molar-refractivity contribution in [1.29, 1.82) is 0 Å². The van der Waals surface area contributed by atoms with Crippen LogP contribution in [0.3, 0.4) is 0 Å². The topological polar surface area (TPSA) is 44.8 Å². The molecule has 0 aliphatic heterocycles. The highest BCUT2D eigenvalue weighted by Crippen LogP contribution is 2.52. The molecule has 78 valence electrons. The summed E-state index contributed by atoms with van der Waals surface area (Å²) in [4.78, 5) is 0. The van der Waals surface area contributed by atoms with Gasteiger partial charge in [0.05, 0.1) is 28.8 Å². The van der Waals surface area contributed by atoms with Gasteiger partial charge >= 0.3 is 7.82 Å². The maximum Gasteiger partial charge on any atom is 0.563 e. The molecule has 0 saturated heterocycles. The molecule has 0 saturated carbocycles. The fourth-order valence-electron chi connectivity index (χ4n) is 0.678. The standard InChI is InChI=1S/C6H4Cl3O4P/c7-5-3-1-2-4-6(5)11-14(10,12-8)13-9/h1-4H. The average molecular weight is 277 g/mol. The Kier molecular flexibility index (Phi) is 4.51. The number of para-hydroxylation sites is 1. The number of benzene rings is 1. The molecule has 1 rings (SSSR count). The SMILES string of the molecule is O=P(OCl)(OCl)Oc1ccccc1Cl. The van der Waals surface area contributed by atoms with Gasteiger partial charge in [0.2, 0.25) is 0 Å². The summed E-state index contributed by atoms with van der Waals surface area (Å²) in [6.45, 7) is 0. The molecule has 0 amide bonds. The van der Waals surface area contributed by atoms with Crippen molar-refractivity contribution in [3.63, 3.8) is 0 Å². The van der Waals surface area contributed by atoms with Crippen LogP contribution in [0.4, 0.5) is 0 Å². The van der Waals surface area contributed by atoms with Gasteiger partial charge < -0.3 is 4.52 Å². The molecular weight excluding hydrogens is 273 g/mol. The van der Waals surface area contributed by atoms with E-state index in [4.69, 9.17) is 39.9 Å². The highest BCUT2D eigenvalue weighted by atomic mass is 35.5. The zero-order valence-corrected chi connectivity index (χ0v) is 9.69. The number of hydrogen-bond acceptors (Lipinski definition) is 4. The Morgan fingerprint density at radius 2 is 1.71 bits per heavy atom. The van der Waals surface area contributed by atoms with E-state index >= 15 is 0 Å². The lowest BCUT2D eigenvalue weighted by molar-refractivity contribution is 0.318. The van der Waals surface area contributed by atoms with E-state index in [1.165, 1.54) is 12.1 Å². The molecule has 0 spiro atoms. The third-order valence-electron chi connectivity index (χ3n) is 1.22.